The first-order chi connectivity index (χ1) is 12.0. The molecule has 7 heteroatoms. The van der Waals surface area contributed by atoms with Crippen LogP contribution >= 0.6 is 0 Å². The summed E-state index contributed by atoms with van der Waals surface area (Å²) in [5.41, 5.74) is 5.51. The molecule has 0 bridgehead atoms. The van der Waals surface area contributed by atoms with Crippen molar-refractivity contribution in [2.24, 2.45) is 5.73 Å². The topological polar surface area (TPSA) is 102 Å². The SMILES string of the molecule is NC(=O)[C@H](OC(=O)c1cc(=O)[nH]c2ccccc12)c1ccc(F)cc1. The van der Waals surface area contributed by atoms with Crippen LogP contribution in [0.4, 0.5) is 4.39 Å². The minimum atomic E-state index is -1.40. The molecule has 2 aromatic carbocycles. The van der Waals surface area contributed by atoms with Crippen molar-refractivity contribution < 1.29 is 18.7 Å². The fourth-order valence-corrected chi connectivity index (χ4v) is 2.47. The van der Waals surface area contributed by atoms with Crippen molar-refractivity contribution in [3.63, 3.8) is 0 Å². The summed E-state index contributed by atoms with van der Waals surface area (Å²) >= 11 is 0. The van der Waals surface area contributed by atoms with E-state index < -0.39 is 29.4 Å². The van der Waals surface area contributed by atoms with Gasteiger partial charge in [-0.25, -0.2) is 9.18 Å². The molecule has 0 unspecified atom stereocenters. The average molecular weight is 340 g/mol. The Labute approximate surface area is 141 Å². The Hall–Kier alpha value is -3.48. The van der Waals surface area contributed by atoms with E-state index in [0.717, 1.165) is 18.2 Å². The first-order valence-electron chi connectivity index (χ1n) is 7.33. The Morgan fingerprint density at radius 2 is 1.76 bits per heavy atom. The second-order valence-electron chi connectivity index (χ2n) is 5.33. The van der Waals surface area contributed by atoms with Gasteiger partial charge in [-0.3, -0.25) is 9.59 Å². The maximum absolute atomic E-state index is 13.0. The highest BCUT2D eigenvalue weighted by atomic mass is 19.1. The largest absolute Gasteiger partial charge is 0.444 e. The Kier molecular flexibility index (Phi) is 4.30. The molecule has 1 aromatic heterocycles. The van der Waals surface area contributed by atoms with Crippen molar-refractivity contribution in [3.8, 4) is 0 Å². The number of carbonyl (C=O) groups is 2. The number of nitrogens with one attached hydrogen (secondary N) is 1. The number of amides is 1. The van der Waals surface area contributed by atoms with Gasteiger partial charge in [0.15, 0.2) is 0 Å². The summed E-state index contributed by atoms with van der Waals surface area (Å²) in [6, 6.07) is 12.6. The standard InChI is InChI=1S/C18H13FN2O4/c19-11-7-5-10(6-8-11)16(17(20)23)25-18(24)13-9-15(22)21-14-4-2-1-3-12(13)14/h1-9,16H,(H2,20,23)(H,21,22)/t16-/m1/s1. The van der Waals surface area contributed by atoms with Gasteiger partial charge in [-0.15, -0.1) is 0 Å². The van der Waals surface area contributed by atoms with Gasteiger partial charge in [-0.2, -0.15) is 0 Å². The molecule has 0 fully saturated rings. The Bertz CT molecular complexity index is 1010. The molecular weight excluding hydrogens is 327 g/mol. The zero-order valence-corrected chi connectivity index (χ0v) is 12.9. The highest BCUT2D eigenvalue weighted by molar-refractivity contribution is 6.04. The van der Waals surface area contributed by atoms with E-state index in [1.165, 1.54) is 12.1 Å². The molecule has 126 valence electrons. The number of halogens is 1. The highest BCUT2D eigenvalue weighted by Crippen LogP contribution is 2.22. The number of carbonyl (C=O) groups excluding carboxylic acids is 2. The molecule has 1 atom stereocenters. The Morgan fingerprint density at radius 1 is 1.08 bits per heavy atom. The number of nitrogens with two attached hydrogens (primary N) is 1. The predicted octanol–water partition coefficient (Wildman–Crippen LogP) is 2.05. The summed E-state index contributed by atoms with van der Waals surface area (Å²) in [5.74, 6) is -2.29. The summed E-state index contributed by atoms with van der Waals surface area (Å²) in [7, 11) is 0. The van der Waals surface area contributed by atoms with Crippen LogP contribution in [0.2, 0.25) is 0 Å². The summed E-state index contributed by atoms with van der Waals surface area (Å²) in [6.45, 7) is 0. The van der Waals surface area contributed by atoms with Gasteiger partial charge < -0.3 is 15.5 Å². The van der Waals surface area contributed by atoms with Gasteiger partial charge in [0.2, 0.25) is 11.7 Å². The Balaban J connectivity index is 1.99. The van der Waals surface area contributed by atoms with E-state index >= 15 is 0 Å². The maximum Gasteiger partial charge on any atom is 0.340 e. The van der Waals surface area contributed by atoms with Crippen LogP contribution in [0.15, 0.2) is 59.4 Å². The summed E-state index contributed by atoms with van der Waals surface area (Å²) in [6.07, 6.45) is -1.40. The smallest absolute Gasteiger partial charge is 0.340 e. The molecular formula is C18H13FN2O4. The average Bonchev–Trinajstić information content (AvgIpc) is 2.59. The highest BCUT2D eigenvalue weighted by Gasteiger charge is 2.24. The zero-order chi connectivity index (χ0) is 18.0. The van der Waals surface area contributed by atoms with Crippen LogP contribution in [-0.4, -0.2) is 16.9 Å². The number of H-pyrrole nitrogens is 1. The zero-order valence-electron chi connectivity index (χ0n) is 12.9. The summed E-state index contributed by atoms with van der Waals surface area (Å²) in [4.78, 5) is 38.5. The lowest BCUT2D eigenvalue weighted by Crippen LogP contribution is -2.26. The number of rotatable bonds is 4. The number of hydrogen-bond donors (Lipinski definition) is 2. The number of benzene rings is 2. The van der Waals surface area contributed by atoms with Crippen molar-refractivity contribution >= 4 is 22.8 Å². The number of primary amides is 1. The molecule has 0 radical (unpaired) electrons. The van der Waals surface area contributed by atoms with E-state index in [0.29, 0.717) is 10.9 Å². The summed E-state index contributed by atoms with van der Waals surface area (Å²) in [5, 5.41) is 0.467. The number of aromatic amines is 1. The normalized spacial score (nSPS) is 11.9. The van der Waals surface area contributed by atoms with Crippen LogP contribution in [-0.2, 0) is 9.53 Å². The number of aromatic nitrogens is 1. The molecule has 1 amide bonds. The van der Waals surface area contributed by atoms with E-state index in [4.69, 9.17) is 10.5 Å². The van der Waals surface area contributed by atoms with Crippen molar-refractivity contribution in [1.29, 1.82) is 0 Å². The fraction of sp³-hybridized carbons (Fsp3) is 0.0556. The van der Waals surface area contributed by atoms with E-state index in [9.17, 15) is 18.8 Å². The minimum Gasteiger partial charge on any atom is -0.444 e. The van der Waals surface area contributed by atoms with Crippen LogP contribution in [0.3, 0.4) is 0 Å². The number of ether oxygens (including phenoxy) is 1. The molecule has 3 aromatic rings. The minimum absolute atomic E-state index is 0.00714. The van der Waals surface area contributed by atoms with Gasteiger partial charge in [0.05, 0.1) is 5.56 Å². The van der Waals surface area contributed by atoms with Crippen LogP contribution in [0, 0.1) is 5.82 Å². The van der Waals surface area contributed by atoms with E-state index in [-0.39, 0.29) is 11.1 Å². The number of pyridine rings is 1. The van der Waals surface area contributed by atoms with Crippen molar-refractivity contribution in [1.82, 2.24) is 4.98 Å². The van der Waals surface area contributed by atoms with Crippen LogP contribution < -0.4 is 11.3 Å². The quantitative estimate of drug-likeness (QED) is 0.710. The Morgan fingerprint density at radius 3 is 2.44 bits per heavy atom. The molecule has 25 heavy (non-hydrogen) atoms. The van der Waals surface area contributed by atoms with Crippen LogP contribution in [0.25, 0.3) is 10.9 Å². The second-order valence-corrected chi connectivity index (χ2v) is 5.33. The molecule has 3 rings (SSSR count). The molecule has 6 nitrogen and oxygen atoms in total. The second kappa shape index (κ2) is 6.56. The molecule has 0 spiro atoms. The number of esters is 1. The van der Waals surface area contributed by atoms with Gasteiger partial charge >= 0.3 is 5.97 Å². The molecule has 0 aliphatic carbocycles. The van der Waals surface area contributed by atoms with Crippen LogP contribution in [0.1, 0.15) is 22.0 Å². The number of para-hydroxylation sites is 1. The van der Waals surface area contributed by atoms with Crippen molar-refractivity contribution in [2.45, 2.75) is 6.10 Å². The number of fused-ring (bicyclic) bond motifs is 1. The van der Waals surface area contributed by atoms with Gasteiger partial charge in [-0.05, 0) is 18.2 Å². The lowest BCUT2D eigenvalue weighted by molar-refractivity contribution is -0.127. The van der Waals surface area contributed by atoms with Crippen molar-refractivity contribution in [2.75, 3.05) is 0 Å². The van der Waals surface area contributed by atoms with Crippen molar-refractivity contribution in [3.05, 3.63) is 81.9 Å². The lowest BCUT2D eigenvalue weighted by atomic mass is 10.1. The third-order valence-electron chi connectivity index (χ3n) is 3.63. The maximum atomic E-state index is 13.0. The molecule has 3 N–H and O–H groups in total. The van der Waals surface area contributed by atoms with Gasteiger partial charge in [0, 0.05) is 22.5 Å². The van der Waals surface area contributed by atoms with Gasteiger partial charge in [0.1, 0.15) is 5.82 Å². The first kappa shape index (κ1) is 16.4. The molecule has 0 saturated carbocycles. The third kappa shape index (κ3) is 3.40. The van der Waals surface area contributed by atoms with E-state index in [1.54, 1.807) is 24.3 Å². The molecule has 1 heterocycles. The molecule has 0 saturated heterocycles. The molecule has 0 aliphatic heterocycles. The lowest BCUT2D eigenvalue weighted by Gasteiger charge is -2.15. The predicted molar refractivity (Wildman–Crippen MR) is 88.3 cm³/mol. The molecule has 0 aliphatic rings. The summed E-state index contributed by atoms with van der Waals surface area (Å²) < 4.78 is 18.2. The van der Waals surface area contributed by atoms with Crippen LogP contribution in [0.5, 0.6) is 0 Å². The van der Waals surface area contributed by atoms with Gasteiger partial charge in [0.25, 0.3) is 5.91 Å². The van der Waals surface area contributed by atoms with E-state index in [1.807, 2.05) is 0 Å². The van der Waals surface area contributed by atoms with Gasteiger partial charge in [-0.1, -0.05) is 30.3 Å². The van der Waals surface area contributed by atoms with E-state index in [2.05, 4.69) is 4.98 Å². The fourth-order valence-electron chi connectivity index (χ4n) is 2.47. The monoisotopic (exact) mass is 340 g/mol. The first-order valence-corrected chi connectivity index (χ1v) is 7.33. The third-order valence-corrected chi connectivity index (χ3v) is 3.63. The number of hydrogen-bond acceptors (Lipinski definition) is 4.